The molecular weight excluding hydrogens is 256 g/mol. The topological polar surface area (TPSA) is 74.6 Å². The van der Waals surface area contributed by atoms with Crippen LogP contribution in [0.25, 0.3) is 0 Å². The van der Waals surface area contributed by atoms with E-state index < -0.39 is 22.8 Å². The minimum absolute atomic E-state index is 0.425. The normalized spacial score (nSPS) is 17.2. The van der Waals surface area contributed by atoms with Crippen LogP contribution in [0.1, 0.15) is 79.1 Å². The van der Waals surface area contributed by atoms with Crippen LogP contribution in [0, 0.1) is 10.8 Å². The Morgan fingerprint density at radius 1 is 0.750 bits per heavy atom. The fraction of sp³-hybridized carbons (Fsp3) is 0.875. The number of aliphatic carboxylic acids is 2. The van der Waals surface area contributed by atoms with Gasteiger partial charge in [0.25, 0.3) is 0 Å². The molecule has 2 unspecified atom stereocenters. The summed E-state index contributed by atoms with van der Waals surface area (Å²) in [6.07, 6.45) is 5.71. The zero-order valence-corrected chi connectivity index (χ0v) is 13.4. The number of hydrogen-bond acceptors (Lipinski definition) is 2. The van der Waals surface area contributed by atoms with E-state index in [4.69, 9.17) is 0 Å². The monoisotopic (exact) mass is 286 g/mol. The quantitative estimate of drug-likeness (QED) is 0.593. The van der Waals surface area contributed by atoms with Gasteiger partial charge >= 0.3 is 11.9 Å². The van der Waals surface area contributed by atoms with Crippen molar-refractivity contribution in [3.63, 3.8) is 0 Å². The lowest BCUT2D eigenvalue weighted by Crippen LogP contribution is -2.33. The van der Waals surface area contributed by atoms with Gasteiger partial charge in [0.2, 0.25) is 0 Å². The molecule has 2 atom stereocenters. The first kappa shape index (κ1) is 18.9. The Labute approximate surface area is 122 Å². The molecule has 4 nitrogen and oxygen atoms in total. The molecule has 20 heavy (non-hydrogen) atoms. The molecule has 4 heteroatoms. The second kappa shape index (κ2) is 8.28. The fourth-order valence-corrected chi connectivity index (χ4v) is 2.36. The molecule has 0 aromatic heterocycles. The summed E-state index contributed by atoms with van der Waals surface area (Å²) >= 11 is 0. The molecule has 0 bridgehead atoms. The zero-order valence-electron chi connectivity index (χ0n) is 13.4. The molecule has 0 aromatic carbocycles. The van der Waals surface area contributed by atoms with Gasteiger partial charge in [0.15, 0.2) is 0 Å². The van der Waals surface area contributed by atoms with Crippen molar-refractivity contribution >= 4 is 11.9 Å². The van der Waals surface area contributed by atoms with Crippen LogP contribution in [0.5, 0.6) is 0 Å². The maximum Gasteiger partial charge on any atom is 0.309 e. The molecule has 0 spiro atoms. The van der Waals surface area contributed by atoms with E-state index in [1.807, 2.05) is 13.8 Å². The summed E-state index contributed by atoms with van der Waals surface area (Å²) < 4.78 is 0. The summed E-state index contributed by atoms with van der Waals surface area (Å²) in [5, 5.41) is 18.8. The number of hydrogen-bond donors (Lipinski definition) is 2. The van der Waals surface area contributed by atoms with Crippen molar-refractivity contribution in [2.45, 2.75) is 79.1 Å². The van der Waals surface area contributed by atoms with Crippen molar-refractivity contribution in [2.24, 2.45) is 10.8 Å². The number of carboxylic acid groups (broad SMARTS) is 2. The second-order valence-corrected chi connectivity index (χ2v) is 6.44. The van der Waals surface area contributed by atoms with Crippen LogP contribution in [0.2, 0.25) is 0 Å². The van der Waals surface area contributed by atoms with E-state index in [1.54, 1.807) is 13.8 Å². The Morgan fingerprint density at radius 3 is 1.25 bits per heavy atom. The van der Waals surface area contributed by atoms with Crippen LogP contribution >= 0.6 is 0 Å². The van der Waals surface area contributed by atoms with Crippen LogP contribution in [0.15, 0.2) is 0 Å². The highest BCUT2D eigenvalue weighted by atomic mass is 16.4. The third kappa shape index (κ3) is 5.51. The van der Waals surface area contributed by atoms with Gasteiger partial charge in [-0.3, -0.25) is 9.59 Å². The maximum absolute atomic E-state index is 11.5. The largest absolute Gasteiger partial charge is 0.481 e. The molecule has 0 radical (unpaired) electrons. The van der Waals surface area contributed by atoms with Gasteiger partial charge in [0.05, 0.1) is 10.8 Å². The van der Waals surface area contributed by atoms with E-state index >= 15 is 0 Å². The Bertz CT molecular complexity index is 294. The molecule has 0 aliphatic rings. The lowest BCUT2D eigenvalue weighted by atomic mass is 9.73. The summed E-state index contributed by atoms with van der Waals surface area (Å²) in [4.78, 5) is 23.0. The van der Waals surface area contributed by atoms with E-state index in [0.717, 1.165) is 25.7 Å². The van der Waals surface area contributed by atoms with Gasteiger partial charge in [-0.1, -0.05) is 39.5 Å². The van der Waals surface area contributed by atoms with Crippen molar-refractivity contribution in [1.29, 1.82) is 0 Å². The molecule has 0 amide bonds. The molecule has 2 N–H and O–H groups in total. The van der Waals surface area contributed by atoms with Gasteiger partial charge in [0.1, 0.15) is 0 Å². The van der Waals surface area contributed by atoms with Crippen molar-refractivity contribution in [3.8, 4) is 0 Å². The van der Waals surface area contributed by atoms with Gasteiger partial charge in [-0.2, -0.15) is 0 Å². The van der Waals surface area contributed by atoms with E-state index in [0.29, 0.717) is 25.7 Å². The Kier molecular flexibility index (Phi) is 7.84. The lowest BCUT2D eigenvalue weighted by molar-refractivity contribution is -0.153. The summed E-state index contributed by atoms with van der Waals surface area (Å²) in [6.45, 7) is 7.55. The predicted octanol–water partition coefficient (Wildman–Crippen LogP) is 4.33. The Morgan fingerprint density at radius 2 is 1.05 bits per heavy atom. The van der Waals surface area contributed by atoms with Crippen LogP contribution in [0.3, 0.4) is 0 Å². The van der Waals surface area contributed by atoms with Crippen LogP contribution in [-0.4, -0.2) is 22.2 Å². The minimum Gasteiger partial charge on any atom is -0.481 e. The number of carboxylic acids is 2. The van der Waals surface area contributed by atoms with E-state index in [9.17, 15) is 19.8 Å². The molecule has 0 aromatic rings. The predicted molar refractivity (Wildman–Crippen MR) is 79.8 cm³/mol. The van der Waals surface area contributed by atoms with Gasteiger partial charge in [0, 0.05) is 0 Å². The van der Waals surface area contributed by atoms with Crippen LogP contribution in [0.4, 0.5) is 0 Å². The summed E-state index contributed by atoms with van der Waals surface area (Å²) in [7, 11) is 0. The zero-order chi connectivity index (χ0) is 15.8. The molecule has 0 fully saturated rings. The SMILES string of the molecule is CCCCC(C)(CCC(C)(CCCC)C(=O)O)C(=O)O. The van der Waals surface area contributed by atoms with Crippen molar-refractivity contribution in [1.82, 2.24) is 0 Å². The average molecular weight is 286 g/mol. The Hall–Kier alpha value is -1.06. The molecule has 0 rings (SSSR count). The second-order valence-electron chi connectivity index (χ2n) is 6.44. The first-order chi connectivity index (χ1) is 9.22. The Balaban J connectivity index is 4.79. The van der Waals surface area contributed by atoms with Crippen LogP contribution < -0.4 is 0 Å². The number of carbonyl (C=O) groups is 2. The lowest BCUT2D eigenvalue weighted by Gasteiger charge is -2.31. The number of rotatable bonds is 11. The average Bonchev–Trinajstić information content (AvgIpc) is 2.40. The van der Waals surface area contributed by atoms with Gasteiger partial charge in [-0.25, -0.2) is 0 Å². The van der Waals surface area contributed by atoms with Gasteiger partial charge < -0.3 is 10.2 Å². The van der Waals surface area contributed by atoms with Crippen molar-refractivity contribution in [2.75, 3.05) is 0 Å². The molecule has 118 valence electrons. The van der Waals surface area contributed by atoms with Crippen molar-refractivity contribution in [3.05, 3.63) is 0 Å². The smallest absolute Gasteiger partial charge is 0.309 e. The van der Waals surface area contributed by atoms with Crippen molar-refractivity contribution < 1.29 is 19.8 Å². The molecular formula is C16H30O4. The third-order valence-corrected chi connectivity index (χ3v) is 4.43. The fourth-order valence-electron chi connectivity index (χ4n) is 2.36. The molecule has 0 aliphatic heterocycles. The summed E-state index contributed by atoms with van der Waals surface area (Å²) in [5.74, 6) is -1.62. The van der Waals surface area contributed by atoms with Gasteiger partial charge in [-0.15, -0.1) is 0 Å². The number of unbranched alkanes of at least 4 members (excludes halogenated alkanes) is 2. The minimum atomic E-state index is -0.811. The highest BCUT2D eigenvalue weighted by molar-refractivity contribution is 5.75. The molecule has 0 saturated heterocycles. The highest BCUT2D eigenvalue weighted by Gasteiger charge is 2.38. The van der Waals surface area contributed by atoms with Gasteiger partial charge in [-0.05, 0) is 39.5 Å². The van der Waals surface area contributed by atoms with Crippen LogP contribution in [-0.2, 0) is 9.59 Å². The first-order valence-corrected chi connectivity index (χ1v) is 7.68. The maximum atomic E-state index is 11.5. The summed E-state index contributed by atoms with van der Waals surface area (Å²) in [6, 6.07) is 0. The van der Waals surface area contributed by atoms with E-state index in [2.05, 4.69) is 0 Å². The highest BCUT2D eigenvalue weighted by Crippen LogP contribution is 2.38. The first-order valence-electron chi connectivity index (χ1n) is 7.68. The van der Waals surface area contributed by atoms with E-state index in [-0.39, 0.29) is 0 Å². The van der Waals surface area contributed by atoms with E-state index in [1.165, 1.54) is 0 Å². The standard InChI is InChI=1S/C16H30O4/c1-5-7-9-15(3,13(17)18)11-12-16(4,14(19)20)10-8-6-2/h5-12H2,1-4H3,(H,17,18)(H,19,20). The molecule has 0 aliphatic carbocycles. The molecule has 0 saturated carbocycles. The molecule has 0 heterocycles. The summed E-state index contributed by atoms with van der Waals surface area (Å²) in [5.41, 5.74) is -1.61. The third-order valence-electron chi connectivity index (χ3n) is 4.43.